The van der Waals surface area contributed by atoms with Crippen LogP contribution in [0.4, 0.5) is 0 Å². The molecule has 0 aromatic heterocycles. The van der Waals surface area contributed by atoms with E-state index >= 15 is 0 Å². The molecule has 4 unspecified atom stereocenters. The minimum atomic E-state index is -0.886. The molecule has 16 heavy (non-hydrogen) atoms. The molecule has 0 spiro atoms. The lowest BCUT2D eigenvalue weighted by molar-refractivity contribution is -0.135. The minimum absolute atomic E-state index is 0.0569. The zero-order chi connectivity index (χ0) is 11.4. The van der Waals surface area contributed by atoms with Crippen LogP contribution in [-0.4, -0.2) is 22.2 Å². The van der Waals surface area contributed by atoms with Crippen LogP contribution in [0.25, 0.3) is 0 Å². The van der Waals surface area contributed by atoms with Gasteiger partial charge in [-0.25, -0.2) is 9.59 Å². The van der Waals surface area contributed by atoms with Crippen LogP contribution in [0, 0.1) is 23.7 Å². The molecule has 2 bridgehead atoms. The Bertz CT molecular complexity index is 446. The van der Waals surface area contributed by atoms with E-state index in [-0.39, 0.29) is 17.8 Å². The lowest BCUT2D eigenvalue weighted by Crippen LogP contribution is -2.25. The van der Waals surface area contributed by atoms with Gasteiger partial charge in [0.2, 0.25) is 0 Å². The second kappa shape index (κ2) is 2.97. The maximum Gasteiger partial charge on any atom is 0.331 e. The number of rotatable bonds is 2. The van der Waals surface area contributed by atoms with E-state index in [1.54, 1.807) is 6.08 Å². The summed E-state index contributed by atoms with van der Waals surface area (Å²) in [7, 11) is 0. The summed E-state index contributed by atoms with van der Waals surface area (Å²) in [5.74, 6) is -1.29. The fourth-order valence-corrected chi connectivity index (χ4v) is 3.67. The second-order valence-corrected chi connectivity index (χ2v) is 4.82. The monoisotopic (exact) mass is 220 g/mol. The first-order chi connectivity index (χ1) is 7.59. The first-order valence-electron chi connectivity index (χ1n) is 5.48. The number of hydrogen-bond donors (Lipinski definition) is 2. The molecule has 4 nitrogen and oxygen atoms in total. The van der Waals surface area contributed by atoms with Crippen molar-refractivity contribution < 1.29 is 19.8 Å². The molecular formula is C12H12O4. The number of carbonyl (C=O) groups is 2. The Morgan fingerprint density at radius 1 is 1.19 bits per heavy atom. The summed E-state index contributed by atoms with van der Waals surface area (Å²) in [4.78, 5) is 22.1. The van der Waals surface area contributed by atoms with Gasteiger partial charge in [-0.1, -0.05) is 12.2 Å². The van der Waals surface area contributed by atoms with Gasteiger partial charge in [0, 0.05) is 17.1 Å². The highest BCUT2D eigenvalue weighted by Gasteiger charge is 2.53. The third-order valence-corrected chi connectivity index (χ3v) is 4.23. The molecule has 4 atom stereocenters. The van der Waals surface area contributed by atoms with Gasteiger partial charge in [0.25, 0.3) is 0 Å². The molecule has 2 N–H and O–H groups in total. The summed E-state index contributed by atoms with van der Waals surface area (Å²) in [5, 5.41) is 18.1. The summed E-state index contributed by atoms with van der Waals surface area (Å²) in [6.07, 6.45) is 5.22. The average Bonchev–Trinajstić information content (AvgIpc) is 2.87. The zero-order valence-electron chi connectivity index (χ0n) is 8.59. The summed E-state index contributed by atoms with van der Waals surface area (Å²) < 4.78 is 0. The first kappa shape index (κ1) is 9.63. The number of hydrogen-bond acceptors (Lipinski definition) is 2. The molecule has 3 aliphatic rings. The molecule has 3 rings (SSSR count). The van der Waals surface area contributed by atoms with Gasteiger partial charge in [-0.3, -0.25) is 0 Å². The van der Waals surface area contributed by atoms with Crippen molar-refractivity contribution in [3.63, 3.8) is 0 Å². The van der Waals surface area contributed by atoms with Crippen molar-refractivity contribution in [3.05, 3.63) is 23.3 Å². The highest BCUT2D eigenvalue weighted by molar-refractivity contribution is 5.91. The number of fused-ring (bicyclic) bond motifs is 5. The van der Waals surface area contributed by atoms with Gasteiger partial charge in [0.1, 0.15) is 0 Å². The Kier molecular flexibility index (Phi) is 1.79. The molecule has 0 aromatic rings. The number of carboxylic acids is 2. The van der Waals surface area contributed by atoms with Gasteiger partial charge in [-0.15, -0.1) is 0 Å². The maximum atomic E-state index is 11.1. The second-order valence-electron chi connectivity index (χ2n) is 4.82. The van der Waals surface area contributed by atoms with Gasteiger partial charge in [-0.2, -0.15) is 0 Å². The normalized spacial score (nSPS) is 39.2. The third kappa shape index (κ3) is 1.04. The Morgan fingerprint density at radius 2 is 1.88 bits per heavy atom. The molecular weight excluding hydrogens is 208 g/mol. The molecule has 1 fully saturated rings. The highest BCUT2D eigenvalue weighted by Crippen LogP contribution is 2.58. The third-order valence-electron chi connectivity index (χ3n) is 4.23. The van der Waals surface area contributed by atoms with Crippen molar-refractivity contribution in [1.29, 1.82) is 0 Å². The van der Waals surface area contributed by atoms with Crippen LogP contribution in [0.5, 0.6) is 0 Å². The topological polar surface area (TPSA) is 74.6 Å². The Hall–Kier alpha value is -1.58. The Balaban J connectivity index is 1.97. The number of allylic oxidation sites excluding steroid dienone is 2. The highest BCUT2D eigenvalue weighted by atomic mass is 16.4. The van der Waals surface area contributed by atoms with Crippen molar-refractivity contribution in [3.8, 4) is 0 Å². The van der Waals surface area contributed by atoms with Gasteiger partial charge in [-0.05, 0) is 30.6 Å². The minimum Gasteiger partial charge on any atom is -0.478 e. The van der Waals surface area contributed by atoms with Crippen molar-refractivity contribution in [2.45, 2.75) is 12.8 Å². The van der Waals surface area contributed by atoms with Gasteiger partial charge in [0.05, 0.1) is 0 Å². The molecule has 0 saturated heterocycles. The predicted molar refractivity (Wildman–Crippen MR) is 54.6 cm³/mol. The standard InChI is InChI=1S/C12H12O4/c13-11(14)7-2-1-6-5-3-8(10(6)7)9(4-5)12(15)16/h2,4-6,8,10H,1,3H2,(H,13,14)(H,15,16). The number of carboxylic acid groups (broad SMARTS) is 2. The average molecular weight is 220 g/mol. The van der Waals surface area contributed by atoms with Crippen LogP contribution < -0.4 is 0 Å². The molecule has 1 saturated carbocycles. The van der Waals surface area contributed by atoms with Crippen LogP contribution in [-0.2, 0) is 9.59 Å². The molecule has 3 aliphatic carbocycles. The zero-order valence-corrected chi connectivity index (χ0v) is 8.59. The van der Waals surface area contributed by atoms with E-state index in [0.29, 0.717) is 17.1 Å². The predicted octanol–water partition coefficient (Wildman–Crippen LogP) is 1.29. The van der Waals surface area contributed by atoms with E-state index in [0.717, 1.165) is 12.8 Å². The quantitative estimate of drug-likeness (QED) is 0.735. The Morgan fingerprint density at radius 3 is 2.50 bits per heavy atom. The van der Waals surface area contributed by atoms with E-state index in [9.17, 15) is 9.59 Å². The van der Waals surface area contributed by atoms with Crippen LogP contribution in [0.1, 0.15) is 12.8 Å². The first-order valence-corrected chi connectivity index (χ1v) is 5.48. The molecule has 0 heterocycles. The van der Waals surface area contributed by atoms with Crippen molar-refractivity contribution in [2.75, 3.05) is 0 Å². The smallest absolute Gasteiger partial charge is 0.331 e. The summed E-state index contributed by atoms with van der Waals surface area (Å²) in [5.41, 5.74) is 0.865. The summed E-state index contributed by atoms with van der Waals surface area (Å²) in [6, 6.07) is 0. The molecule has 0 amide bonds. The molecule has 0 radical (unpaired) electrons. The van der Waals surface area contributed by atoms with Crippen LogP contribution in [0.2, 0.25) is 0 Å². The van der Waals surface area contributed by atoms with Crippen molar-refractivity contribution >= 4 is 11.9 Å². The molecule has 84 valence electrons. The Labute approximate surface area is 92.3 Å². The molecule has 0 aliphatic heterocycles. The van der Waals surface area contributed by atoms with Gasteiger partial charge in [0.15, 0.2) is 0 Å². The maximum absolute atomic E-state index is 11.1. The van der Waals surface area contributed by atoms with E-state index in [4.69, 9.17) is 10.2 Å². The van der Waals surface area contributed by atoms with Crippen molar-refractivity contribution in [2.24, 2.45) is 23.7 Å². The van der Waals surface area contributed by atoms with E-state index < -0.39 is 11.9 Å². The van der Waals surface area contributed by atoms with Crippen LogP contribution in [0.15, 0.2) is 23.3 Å². The van der Waals surface area contributed by atoms with Crippen molar-refractivity contribution in [1.82, 2.24) is 0 Å². The lowest BCUT2D eigenvalue weighted by Gasteiger charge is -2.24. The lowest BCUT2D eigenvalue weighted by atomic mass is 9.78. The number of aliphatic carboxylic acids is 2. The van der Waals surface area contributed by atoms with Gasteiger partial charge >= 0.3 is 11.9 Å². The summed E-state index contributed by atoms with van der Waals surface area (Å²) in [6.45, 7) is 0. The van der Waals surface area contributed by atoms with Crippen LogP contribution in [0.3, 0.4) is 0 Å². The summed E-state index contributed by atoms with van der Waals surface area (Å²) >= 11 is 0. The molecule has 0 aromatic carbocycles. The van der Waals surface area contributed by atoms with E-state index in [1.165, 1.54) is 0 Å². The fourth-order valence-electron chi connectivity index (χ4n) is 3.67. The fraction of sp³-hybridized carbons (Fsp3) is 0.500. The molecule has 4 heteroatoms. The SMILES string of the molecule is O=C(O)C1=CC2CC1C1C(C(=O)O)=CCC21. The van der Waals surface area contributed by atoms with E-state index in [1.807, 2.05) is 6.08 Å². The largest absolute Gasteiger partial charge is 0.478 e. The van der Waals surface area contributed by atoms with E-state index in [2.05, 4.69) is 0 Å². The van der Waals surface area contributed by atoms with Gasteiger partial charge < -0.3 is 10.2 Å². The van der Waals surface area contributed by atoms with Crippen LogP contribution >= 0.6 is 0 Å².